The first-order chi connectivity index (χ1) is 8.69. The molecule has 1 atom stereocenters. The van der Waals surface area contributed by atoms with Crippen LogP contribution in [-0.2, 0) is 6.42 Å². The number of halogens is 1. The fourth-order valence-corrected chi connectivity index (χ4v) is 3.08. The molecule has 1 aliphatic rings. The van der Waals surface area contributed by atoms with Crippen LogP contribution < -0.4 is 5.32 Å². The lowest BCUT2D eigenvalue weighted by molar-refractivity contribution is 0.402. The molecule has 1 aliphatic carbocycles. The van der Waals surface area contributed by atoms with Crippen LogP contribution >= 0.6 is 0 Å². The third-order valence-electron chi connectivity index (χ3n) is 4.28. The van der Waals surface area contributed by atoms with Gasteiger partial charge in [0.15, 0.2) is 0 Å². The van der Waals surface area contributed by atoms with Crippen LogP contribution in [0, 0.1) is 18.7 Å². The predicted molar refractivity (Wildman–Crippen MR) is 74.3 cm³/mol. The van der Waals surface area contributed by atoms with E-state index >= 15 is 0 Å². The predicted octanol–water partition coefficient (Wildman–Crippen LogP) is 3.84. The Hall–Kier alpha value is -0.890. The van der Waals surface area contributed by atoms with Gasteiger partial charge >= 0.3 is 0 Å². The van der Waals surface area contributed by atoms with Gasteiger partial charge in [0.1, 0.15) is 5.82 Å². The smallest absolute Gasteiger partial charge is 0.123 e. The lowest BCUT2D eigenvalue weighted by Gasteiger charge is -2.21. The maximum Gasteiger partial charge on any atom is 0.123 e. The quantitative estimate of drug-likeness (QED) is 0.836. The third kappa shape index (κ3) is 3.55. The van der Waals surface area contributed by atoms with Crippen molar-refractivity contribution < 1.29 is 4.39 Å². The largest absolute Gasteiger partial charge is 0.317 e. The normalized spacial score (nSPS) is 18.2. The molecule has 0 aliphatic heterocycles. The van der Waals surface area contributed by atoms with Crippen molar-refractivity contribution >= 4 is 0 Å². The standard InChI is InChI=1S/C16H24FN/c1-12-7-8-15(17)10-14(12)11-16(18-2)9-13-5-3-4-6-13/h7-8,10,13,16,18H,3-6,9,11H2,1-2H3. The zero-order valence-electron chi connectivity index (χ0n) is 11.5. The second kappa shape index (κ2) is 6.33. The second-order valence-corrected chi connectivity index (χ2v) is 5.65. The number of benzene rings is 1. The molecule has 0 radical (unpaired) electrons. The van der Waals surface area contributed by atoms with E-state index in [1.807, 2.05) is 13.1 Å². The SMILES string of the molecule is CNC(Cc1cc(F)ccc1C)CC1CCCC1. The molecule has 1 aromatic rings. The van der Waals surface area contributed by atoms with Crippen LogP contribution in [-0.4, -0.2) is 13.1 Å². The van der Waals surface area contributed by atoms with Crippen molar-refractivity contribution in [3.8, 4) is 0 Å². The summed E-state index contributed by atoms with van der Waals surface area (Å²) in [5.41, 5.74) is 2.34. The Bertz CT molecular complexity index is 383. The van der Waals surface area contributed by atoms with Crippen molar-refractivity contribution in [1.29, 1.82) is 0 Å². The molecule has 1 saturated carbocycles. The fraction of sp³-hybridized carbons (Fsp3) is 0.625. The van der Waals surface area contributed by atoms with Gasteiger partial charge in [-0.15, -0.1) is 0 Å². The summed E-state index contributed by atoms with van der Waals surface area (Å²) in [6.07, 6.45) is 7.70. The number of nitrogens with one attached hydrogen (secondary N) is 1. The molecule has 2 rings (SSSR count). The van der Waals surface area contributed by atoms with Crippen molar-refractivity contribution in [2.45, 2.75) is 51.5 Å². The van der Waals surface area contributed by atoms with Gasteiger partial charge in [-0.2, -0.15) is 0 Å². The first-order valence-corrected chi connectivity index (χ1v) is 7.11. The molecule has 0 heterocycles. The summed E-state index contributed by atoms with van der Waals surface area (Å²) in [7, 11) is 2.02. The lowest BCUT2D eigenvalue weighted by atomic mass is 9.92. The maximum absolute atomic E-state index is 13.3. The van der Waals surface area contributed by atoms with E-state index < -0.39 is 0 Å². The molecule has 1 N–H and O–H groups in total. The Morgan fingerprint density at radius 2 is 2.06 bits per heavy atom. The van der Waals surface area contributed by atoms with Gasteiger partial charge in [-0.05, 0) is 56.0 Å². The number of aryl methyl sites for hydroxylation is 1. The van der Waals surface area contributed by atoms with Crippen LogP contribution in [0.15, 0.2) is 18.2 Å². The zero-order chi connectivity index (χ0) is 13.0. The Labute approximate surface area is 110 Å². The van der Waals surface area contributed by atoms with Gasteiger partial charge in [0.05, 0.1) is 0 Å². The Morgan fingerprint density at radius 3 is 2.72 bits per heavy atom. The van der Waals surface area contributed by atoms with Crippen molar-refractivity contribution in [1.82, 2.24) is 5.32 Å². The van der Waals surface area contributed by atoms with E-state index in [1.165, 1.54) is 37.7 Å². The van der Waals surface area contributed by atoms with E-state index in [9.17, 15) is 4.39 Å². The molecule has 2 heteroatoms. The zero-order valence-corrected chi connectivity index (χ0v) is 11.5. The molecule has 0 amide bonds. The van der Waals surface area contributed by atoms with Crippen molar-refractivity contribution in [3.63, 3.8) is 0 Å². The van der Waals surface area contributed by atoms with Gasteiger partial charge < -0.3 is 5.32 Å². The monoisotopic (exact) mass is 249 g/mol. The van der Waals surface area contributed by atoms with E-state index in [0.717, 1.165) is 17.9 Å². The van der Waals surface area contributed by atoms with Crippen LogP contribution in [0.1, 0.15) is 43.2 Å². The molecule has 1 unspecified atom stereocenters. The highest BCUT2D eigenvalue weighted by Crippen LogP contribution is 2.29. The summed E-state index contributed by atoms with van der Waals surface area (Å²) >= 11 is 0. The highest BCUT2D eigenvalue weighted by atomic mass is 19.1. The summed E-state index contributed by atoms with van der Waals surface area (Å²) < 4.78 is 13.3. The molecule has 18 heavy (non-hydrogen) atoms. The molecule has 100 valence electrons. The van der Waals surface area contributed by atoms with Crippen molar-refractivity contribution in [2.24, 2.45) is 5.92 Å². The number of likely N-dealkylation sites (N-methyl/N-ethyl adjacent to an activating group) is 1. The van der Waals surface area contributed by atoms with Crippen molar-refractivity contribution in [2.75, 3.05) is 7.05 Å². The van der Waals surface area contributed by atoms with E-state index in [1.54, 1.807) is 12.1 Å². The highest BCUT2D eigenvalue weighted by molar-refractivity contribution is 5.27. The summed E-state index contributed by atoms with van der Waals surface area (Å²) in [6, 6.07) is 5.60. The van der Waals surface area contributed by atoms with E-state index in [-0.39, 0.29) is 5.82 Å². The molecule has 0 bridgehead atoms. The van der Waals surface area contributed by atoms with Crippen LogP contribution in [0.4, 0.5) is 4.39 Å². The Balaban J connectivity index is 1.98. The van der Waals surface area contributed by atoms with E-state index in [0.29, 0.717) is 6.04 Å². The number of rotatable bonds is 5. The highest BCUT2D eigenvalue weighted by Gasteiger charge is 2.20. The molecule has 1 aromatic carbocycles. The Kier molecular flexibility index (Phi) is 4.76. The van der Waals surface area contributed by atoms with Crippen molar-refractivity contribution in [3.05, 3.63) is 35.1 Å². The summed E-state index contributed by atoms with van der Waals surface area (Å²) in [6.45, 7) is 2.07. The molecular formula is C16H24FN. The summed E-state index contributed by atoms with van der Waals surface area (Å²) in [5, 5.41) is 3.40. The van der Waals surface area contributed by atoms with Gasteiger partial charge in [-0.25, -0.2) is 4.39 Å². The third-order valence-corrected chi connectivity index (χ3v) is 4.28. The molecular weight excluding hydrogens is 225 g/mol. The van der Waals surface area contributed by atoms with E-state index in [4.69, 9.17) is 0 Å². The summed E-state index contributed by atoms with van der Waals surface area (Å²) in [4.78, 5) is 0. The minimum Gasteiger partial charge on any atom is -0.317 e. The second-order valence-electron chi connectivity index (χ2n) is 5.65. The van der Waals surface area contributed by atoms with Crippen LogP contribution in [0.3, 0.4) is 0 Å². The van der Waals surface area contributed by atoms with Crippen LogP contribution in [0.5, 0.6) is 0 Å². The summed E-state index contributed by atoms with van der Waals surface area (Å²) in [5.74, 6) is 0.752. The first-order valence-electron chi connectivity index (χ1n) is 7.11. The van der Waals surface area contributed by atoms with Gasteiger partial charge in [0.25, 0.3) is 0 Å². The number of hydrogen-bond donors (Lipinski definition) is 1. The number of hydrogen-bond acceptors (Lipinski definition) is 1. The van der Waals surface area contributed by atoms with Gasteiger partial charge in [0.2, 0.25) is 0 Å². The van der Waals surface area contributed by atoms with Gasteiger partial charge in [-0.1, -0.05) is 31.7 Å². The van der Waals surface area contributed by atoms with Gasteiger partial charge in [0, 0.05) is 6.04 Å². The lowest BCUT2D eigenvalue weighted by Crippen LogP contribution is -2.30. The Morgan fingerprint density at radius 1 is 1.33 bits per heavy atom. The fourth-order valence-electron chi connectivity index (χ4n) is 3.08. The van der Waals surface area contributed by atoms with E-state index in [2.05, 4.69) is 12.2 Å². The minimum atomic E-state index is -0.119. The van der Waals surface area contributed by atoms with Crippen LogP contribution in [0.2, 0.25) is 0 Å². The first kappa shape index (κ1) is 13.5. The average molecular weight is 249 g/mol. The molecule has 1 fully saturated rings. The average Bonchev–Trinajstić information content (AvgIpc) is 2.85. The van der Waals surface area contributed by atoms with Gasteiger partial charge in [-0.3, -0.25) is 0 Å². The molecule has 0 saturated heterocycles. The minimum absolute atomic E-state index is 0.119. The van der Waals surface area contributed by atoms with Crippen LogP contribution in [0.25, 0.3) is 0 Å². The molecule has 0 spiro atoms. The topological polar surface area (TPSA) is 12.0 Å². The maximum atomic E-state index is 13.3. The molecule has 0 aromatic heterocycles. The molecule has 1 nitrogen and oxygen atoms in total.